The van der Waals surface area contributed by atoms with Gasteiger partial charge in [0.2, 0.25) is 11.7 Å². The van der Waals surface area contributed by atoms with Gasteiger partial charge in [-0.15, -0.1) is 0 Å². The van der Waals surface area contributed by atoms with Crippen molar-refractivity contribution >= 4 is 23.4 Å². The van der Waals surface area contributed by atoms with Crippen molar-refractivity contribution in [1.29, 1.82) is 0 Å². The highest BCUT2D eigenvalue weighted by molar-refractivity contribution is 6.30. The lowest BCUT2D eigenvalue weighted by molar-refractivity contribution is -0.137. The molecular weight excluding hydrogens is 456 g/mol. The van der Waals surface area contributed by atoms with Crippen LogP contribution in [0.3, 0.4) is 0 Å². The number of rotatable bonds is 7. The Hall–Kier alpha value is -2.58. The van der Waals surface area contributed by atoms with E-state index >= 15 is 0 Å². The van der Waals surface area contributed by atoms with Gasteiger partial charge < -0.3 is 24.0 Å². The van der Waals surface area contributed by atoms with Gasteiger partial charge in [0.1, 0.15) is 5.75 Å². The zero-order chi connectivity index (χ0) is 24.1. The Morgan fingerprint density at radius 2 is 1.94 bits per heavy atom. The van der Waals surface area contributed by atoms with E-state index in [9.17, 15) is 9.59 Å². The van der Waals surface area contributed by atoms with E-state index in [0.29, 0.717) is 43.3 Å². The lowest BCUT2D eigenvalue weighted by atomic mass is 9.77. The Labute approximate surface area is 205 Å². The third kappa shape index (κ3) is 5.91. The minimum Gasteiger partial charge on any atom is -0.493 e. The molecule has 2 aliphatic heterocycles. The van der Waals surface area contributed by atoms with E-state index in [1.165, 1.54) is 0 Å². The van der Waals surface area contributed by atoms with Gasteiger partial charge in [-0.1, -0.05) is 29.7 Å². The number of hydrogen-bond acceptors (Lipinski definition) is 6. The molecule has 4 rings (SSSR count). The average molecular weight is 489 g/mol. The fourth-order valence-electron chi connectivity index (χ4n) is 4.71. The Balaban J connectivity index is 1.51. The van der Waals surface area contributed by atoms with Crippen LogP contribution in [-0.4, -0.2) is 84.6 Å². The van der Waals surface area contributed by atoms with Gasteiger partial charge in [0, 0.05) is 62.2 Å². The van der Waals surface area contributed by atoms with E-state index in [1.54, 1.807) is 23.1 Å². The fourth-order valence-corrected chi connectivity index (χ4v) is 4.89. The highest BCUT2D eigenvalue weighted by Crippen LogP contribution is 2.36. The number of carbonyl (C=O) groups is 2. The molecule has 0 saturated carbocycles. The quantitative estimate of drug-likeness (QED) is 0.594. The number of ether oxygens (including phenoxy) is 1. The van der Waals surface area contributed by atoms with Gasteiger partial charge in [0.25, 0.3) is 5.91 Å². The maximum Gasteiger partial charge on any atom is 0.292 e. The first-order valence-electron chi connectivity index (χ1n) is 12.0. The minimum absolute atomic E-state index is 0.116. The summed E-state index contributed by atoms with van der Waals surface area (Å²) in [6.45, 7) is 6.52. The van der Waals surface area contributed by atoms with Crippen LogP contribution in [0.15, 0.2) is 34.9 Å². The average Bonchev–Trinajstić information content (AvgIpc) is 3.32. The maximum absolute atomic E-state index is 13.3. The molecule has 1 aromatic carbocycles. The summed E-state index contributed by atoms with van der Waals surface area (Å²) in [6.07, 6.45) is 2.62. The molecule has 2 saturated heterocycles. The van der Waals surface area contributed by atoms with Gasteiger partial charge in [-0.3, -0.25) is 9.59 Å². The third-order valence-corrected chi connectivity index (χ3v) is 7.04. The summed E-state index contributed by atoms with van der Waals surface area (Å²) < 4.78 is 11.5. The van der Waals surface area contributed by atoms with Crippen LogP contribution in [0.4, 0.5) is 0 Å². The number of carbonyl (C=O) groups excluding carboxylic acids is 2. The number of piperazine rings is 1. The lowest BCUT2D eigenvalue weighted by Gasteiger charge is -2.43. The predicted molar refractivity (Wildman–Crippen MR) is 129 cm³/mol. The topological polar surface area (TPSA) is 79.1 Å². The van der Waals surface area contributed by atoms with Crippen LogP contribution < -0.4 is 4.74 Å². The van der Waals surface area contributed by atoms with Crippen LogP contribution in [0.5, 0.6) is 5.75 Å². The van der Waals surface area contributed by atoms with E-state index < -0.39 is 5.41 Å². The Kier molecular flexibility index (Phi) is 7.78. The SMILES string of the molecule is CCc1cc(C(=O)N2CCCC(COc3cccc(Cl)c3)(CC(=O)N3CCN(C)CC3)C2)on1. The fraction of sp³-hybridized carbons (Fsp3) is 0.560. The molecule has 9 heteroatoms. The standard InChI is InChI=1S/C25H33ClN4O4/c1-3-20-15-22(34-27-20)24(32)30-9-5-8-25(17-30,18-33-21-7-4-6-19(26)14-21)16-23(31)29-12-10-28(2)11-13-29/h4,6-7,14-15H,3,5,8-13,16-18H2,1-2H3. The van der Waals surface area contributed by atoms with Gasteiger partial charge in [-0.2, -0.15) is 0 Å². The van der Waals surface area contributed by atoms with Crippen molar-refractivity contribution in [1.82, 2.24) is 19.9 Å². The number of piperidine rings is 1. The summed E-state index contributed by atoms with van der Waals surface area (Å²) in [4.78, 5) is 32.5. The summed E-state index contributed by atoms with van der Waals surface area (Å²) in [6, 6.07) is 8.96. The number of amides is 2. The molecule has 3 heterocycles. The number of nitrogens with zero attached hydrogens (tertiary/aromatic N) is 4. The van der Waals surface area contributed by atoms with E-state index in [4.69, 9.17) is 20.9 Å². The molecule has 0 N–H and O–H groups in total. The van der Waals surface area contributed by atoms with Crippen LogP contribution >= 0.6 is 11.6 Å². The number of likely N-dealkylation sites (N-methyl/N-ethyl adjacent to an activating group) is 1. The molecule has 0 bridgehead atoms. The summed E-state index contributed by atoms with van der Waals surface area (Å²) >= 11 is 6.13. The van der Waals surface area contributed by atoms with E-state index in [-0.39, 0.29) is 17.6 Å². The Morgan fingerprint density at radius 1 is 1.15 bits per heavy atom. The molecule has 184 valence electrons. The zero-order valence-corrected chi connectivity index (χ0v) is 20.7. The molecule has 2 aliphatic rings. The summed E-state index contributed by atoms with van der Waals surface area (Å²) in [5, 5.41) is 4.56. The van der Waals surface area contributed by atoms with Crippen LogP contribution in [-0.2, 0) is 11.2 Å². The van der Waals surface area contributed by atoms with Crippen LogP contribution in [0, 0.1) is 5.41 Å². The van der Waals surface area contributed by atoms with Crippen LogP contribution in [0.25, 0.3) is 0 Å². The number of likely N-dealkylation sites (tertiary alicyclic amines) is 1. The second-order valence-electron chi connectivity index (χ2n) is 9.47. The van der Waals surface area contributed by atoms with Crippen molar-refractivity contribution in [3.63, 3.8) is 0 Å². The zero-order valence-electron chi connectivity index (χ0n) is 20.0. The molecule has 2 amide bonds. The molecule has 0 aliphatic carbocycles. The first-order valence-corrected chi connectivity index (χ1v) is 12.3. The molecule has 2 fully saturated rings. The van der Waals surface area contributed by atoms with Gasteiger partial charge in [0.15, 0.2) is 0 Å². The first-order chi connectivity index (χ1) is 16.4. The minimum atomic E-state index is -0.496. The second-order valence-corrected chi connectivity index (χ2v) is 9.91. The number of aromatic nitrogens is 1. The normalized spacial score (nSPS) is 21.5. The molecular formula is C25H33ClN4O4. The van der Waals surface area contributed by atoms with Crippen molar-refractivity contribution in [2.45, 2.75) is 32.6 Å². The molecule has 1 atom stereocenters. The van der Waals surface area contributed by atoms with E-state index in [0.717, 1.165) is 44.7 Å². The number of benzene rings is 1. The van der Waals surface area contributed by atoms with Crippen LogP contribution in [0.2, 0.25) is 5.02 Å². The van der Waals surface area contributed by atoms with Gasteiger partial charge >= 0.3 is 0 Å². The summed E-state index contributed by atoms with van der Waals surface area (Å²) in [5.74, 6) is 0.829. The molecule has 1 unspecified atom stereocenters. The van der Waals surface area contributed by atoms with Crippen molar-refractivity contribution in [3.05, 3.63) is 46.8 Å². The third-order valence-electron chi connectivity index (χ3n) is 6.80. The summed E-state index contributed by atoms with van der Waals surface area (Å²) in [7, 11) is 2.07. The molecule has 34 heavy (non-hydrogen) atoms. The van der Waals surface area contributed by atoms with Crippen molar-refractivity contribution in [3.8, 4) is 5.75 Å². The van der Waals surface area contributed by atoms with Gasteiger partial charge in [-0.05, 0) is 44.5 Å². The van der Waals surface area contributed by atoms with E-state index in [1.807, 2.05) is 24.0 Å². The van der Waals surface area contributed by atoms with E-state index in [2.05, 4.69) is 17.1 Å². The molecule has 0 radical (unpaired) electrons. The number of hydrogen-bond donors (Lipinski definition) is 0. The molecule has 8 nitrogen and oxygen atoms in total. The highest BCUT2D eigenvalue weighted by atomic mass is 35.5. The maximum atomic E-state index is 13.3. The summed E-state index contributed by atoms with van der Waals surface area (Å²) in [5.41, 5.74) is 0.255. The van der Waals surface area contributed by atoms with Crippen molar-refractivity contribution in [2.24, 2.45) is 5.41 Å². The Bertz CT molecular complexity index is 1000. The highest BCUT2D eigenvalue weighted by Gasteiger charge is 2.42. The lowest BCUT2D eigenvalue weighted by Crippen LogP contribution is -2.53. The monoisotopic (exact) mass is 488 g/mol. The number of aryl methyl sites for hydroxylation is 1. The predicted octanol–water partition coefficient (Wildman–Crippen LogP) is 3.36. The smallest absolute Gasteiger partial charge is 0.292 e. The van der Waals surface area contributed by atoms with Crippen molar-refractivity contribution < 1.29 is 18.8 Å². The van der Waals surface area contributed by atoms with Crippen molar-refractivity contribution in [2.75, 3.05) is 52.9 Å². The van der Waals surface area contributed by atoms with Gasteiger partial charge in [0.05, 0.1) is 12.3 Å². The number of halogens is 1. The molecule has 0 spiro atoms. The molecule has 2 aromatic rings. The van der Waals surface area contributed by atoms with Crippen LogP contribution in [0.1, 0.15) is 42.4 Å². The largest absolute Gasteiger partial charge is 0.493 e. The second kappa shape index (κ2) is 10.8. The van der Waals surface area contributed by atoms with Gasteiger partial charge in [-0.25, -0.2) is 0 Å². The molecule has 1 aromatic heterocycles. The first kappa shape index (κ1) is 24.5. The Morgan fingerprint density at radius 3 is 2.65 bits per heavy atom.